The molecule has 1 heterocycles. The molecule has 0 spiro atoms. The van der Waals surface area contributed by atoms with Gasteiger partial charge in [-0.1, -0.05) is 65.3 Å². The Morgan fingerprint density at radius 3 is 2.63 bits per heavy atom. The zero-order valence-electron chi connectivity index (χ0n) is 11.0. The fourth-order valence-corrected chi connectivity index (χ4v) is 3.18. The number of benzene rings is 2. The summed E-state index contributed by atoms with van der Waals surface area (Å²) in [6.07, 6.45) is 1.03. The molecule has 2 unspecified atom stereocenters. The Labute approximate surface area is 122 Å². The van der Waals surface area contributed by atoms with Crippen LogP contribution < -0.4 is 4.74 Å². The summed E-state index contributed by atoms with van der Waals surface area (Å²) in [5.41, 5.74) is 4.03. The average molecular weight is 317 g/mol. The molecule has 2 aromatic rings. The largest absolute Gasteiger partial charge is 0.493 e. The van der Waals surface area contributed by atoms with Crippen molar-refractivity contribution in [2.75, 3.05) is 6.61 Å². The summed E-state index contributed by atoms with van der Waals surface area (Å²) in [6.45, 7) is 3.08. The predicted octanol–water partition coefficient (Wildman–Crippen LogP) is 4.86. The van der Waals surface area contributed by atoms with E-state index in [9.17, 15) is 0 Å². The van der Waals surface area contributed by atoms with Crippen LogP contribution in [0.3, 0.4) is 0 Å². The fourth-order valence-electron chi connectivity index (χ4n) is 2.59. The van der Waals surface area contributed by atoms with Crippen LogP contribution in [0.15, 0.2) is 48.5 Å². The number of hydrogen-bond acceptors (Lipinski definition) is 1. The first-order valence-corrected chi connectivity index (χ1v) is 7.62. The second kappa shape index (κ2) is 5.38. The lowest BCUT2D eigenvalue weighted by Crippen LogP contribution is -2.02. The van der Waals surface area contributed by atoms with Crippen molar-refractivity contribution in [3.63, 3.8) is 0 Å². The van der Waals surface area contributed by atoms with Crippen molar-refractivity contribution < 1.29 is 4.74 Å². The number of fused-ring (bicyclic) bond motifs is 1. The van der Waals surface area contributed by atoms with E-state index >= 15 is 0 Å². The van der Waals surface area contributed by atoms with Gasteiger partial charge in [-0.25, -0.2) is 0 Å². The summed E-state index contributed by atoms with van der Waals surface area (Å²) < 4.78 is 5.56. The molecule has 2 aromatic carbocycles. The Hall–Kier alpha value is -1.28. The first-order valence-electron chi connectivity index (χ1n) is 6.70. The predicted molar refractivity (Wildman–Crippen MR) is 82.2 cm³/mol. The van der Waals surface area contributed by atoms with Gasteiger partial charge >= 0.3 is 0 Å². The molecule has 0 aromatic heterocycles. The summed E-state index contributed by atoms with van der Waals surface area (Å²) in [7, 11) is 0. The van der Waals surface area contributed by atoms with Crippen LogP contribution in [0.25, 0.3) is 0 Å². The van der Waals surface area contributed by atoms with Crippen molar-refractivity contribution in [2.45, 2.75) is 24.1 Å². The van der Waals surface area contributed by atoms with Crippen LogP contribution in [0.1, 0.15) is 34.4 Å². The van der Waals surface area contributed by atoms with Crippen LogP contribution in [0.5, 0.6) is 5.75 Å². The van der Waals surface area contributed by atoms with Gasteiger partial charge in [-0.3, -0.25) is 0 Å². The van der Waals surface area contributed by atoms with Crippen LogP contribution >= 0.6 is 15.9 Å². The maximum absolute atomic E-state index is 5.56. The molecule has 1 nitrogen and oxygen atoms in total. The van der Waals surface area contributed by atoms with E-state index in [1.807, 2.05) is 0 Å². The number of rotatable bonds is 3. The molecule has 2 atom stereocenters. The second-order valence-electron chi connectivity index (χ2n) is 5.07. The quantitative estimate of drug-likeness (QED) is 0.735. The molecule has 0 aliphatic carbocycles. The van der Waals surface area contributed by atoms with Crippen LogP contribution in [0.4, 0.5) is 0 Å². The van der Waals surface area contributed by atoms with E-state index in [4.69, 9.17) is 4.74 Å². The third kappa shape index (κ3) is 2.55. The Balaban J connectivity index is 1.86. The Morgan fingerprint density at radius 1 is 1.05 bits per heavy atom. The topological polar surface area (TPSA) is 9.23 Å². The Bertz CT molecular complexity index is 565. The molecule has 3 rings (SSSR count). The van der Waals surface area contributed by atoms with E-state index in [0.29, 0.717) is 10.7 Å². The summed E-state index contributed by atoms with van der Waals surface area (Å²) in [4.78, 5) is 0.334. The maximum atomic E-state index is 5.56. The minimum absolute atomic E-state index is 0.334. The number of alkyl halides is 1. The minimum atomic E-state index is 0.334. The molecule has 0 saturated carbocycles. The van der Waals surface area contributed by atoms with Gasteiger partial charge < -0.3 is 4.74 Å². The van der Waals surface area contributed by atoms with Gasteiger partial charge in [0.2, 0.25) is 0 Å². The summed E-state index contributed by atoms with van der Waals surface area (Å²) in [6, 6.07) is 17.2. The number of halogens is 1. The number of hydrogen-bond donors (Lipinski definition) is 0. The first kappa shape index (κ1) is 12.7. The van der Waals surface area contributed by atoms with Gasteiger partial charge in [0.25, 0.3) is 0 Å². The van der Waals surface area contributed by atoms with Crippen molar-refractivity contribution in [1.82, 2.24) is 0 Å². The van der Waals surface area contributed by atoms with Crippen molar-refractivity contribution in [3.8, 4) is 5.75 Å². The minimum Gasteiger partial charge on any atom is -0.493 e. The summed E-state index contributed by atoms with van der Waals surface area (Å²) >= 11 is 3.86. The molecule has 19 heavy (non-hydrogen) atoms. The van der Waals surface area contributed by atoms with Crippen molar-refractivity contribution in [1.29, 1.82) is 0 Å². The standard InChI is InChI=1S/C17H17BrO/c1-12(13-5-3-2-4-6-13)17(18)15-7-8-16-14(11-15)9-10-19-16/h2-8,11-12,17H,9-10H2,1H3. The fraction of sp³-hybridized carbons (Fsp3) is 0.294. The van der Waals surface area contributed by atoms with Crippen LogP contribution in [0.2, 0.25) is 0 Å². The third-order valence-electron chi connectivity index (χ3n) is 3.80. The first-order chi connectivity index (χ1) is 9.25. The second-order valence-corrected chi connectivity index (χ2v) is 6.05. The highest BCUT2D eigenvalue weighted by molar-refractivity contribution is 9.09. The molecule has 0 amide bonds. The Morgan fingerprint density at radius 2 is 1.84 bits per heavy atom. The third-order valence-corrected chi connectivity index (χ3v) is 5.12. The molecule has 1 aliphatic heterocycles. The molecule has 0 fully saturated rings. The number of ether oxygens (including phenoxy) is 1. The van der Waals surface area contributed by atoms with Crippen molar-refractivity contribution >= 4 is 15.9 Å². The molecular formula is C17H17BrO. The van der Waals surface area contributed by atoms with E-state index in [1.165, 1.54) is 16.7 Å². The lowest BCUT2D eigenvalue weighted by atomic mass is 9.92. The zero-order chi connectivity index (χ0) is 13.2. The average Bonchev–Trinajstić information content (AvgIpc) is 2.94. The van der Waals surface area contributed by atoms with Gasteiger partial charge in [0.1, 0.15) is 5.75 Å². The van der Waals surface area contributed by atoms with Gasteiger partial charge in [-0.2, -0.15) is 0 Å². The van der Waals surface area contributed by atoms with E-state index < -0.39 is 0 Å². The molecule has 2 heteroatoms. The molecule has 98 valence electrons. The zero-order valence-corrected chi connectivity index (χ0v) is 12.6. The molecular weight excluding hydrogens is 300 g/mol. The van der Waals surface area contributed by atoms with Crippen LogP contribution in [-0.2, 0) is 6.42 Å². The lowest BCUT2D eigenvalue weighted by Gasteiger charge is -2.19. The van der Waals surface area contributed by atoms with E-state index in [0.717, 1.165) is 18.8 Å². The highest BCUT2D eigenvalue weighted by Crippen LogP contribution is 2.39. The smallest absolute Gasteiger partial charge is 0.122 e. The monoisotopic (exact) mass is 316 g/mol. The van der Waals surface area contributed by atoms with E-state index in [2.05, 4.69) is 71.4 Å². The van der Waals surface area contributed by atoms with Crippen molar-refractivity contribution in [3.05, 3.63) is 65.2 Å². The van der Waals surface area contributed by atoms with Gasteiger partial charge in [-0.05, 0) is 28.7 Å². The molecule has 0 bridgehead atoms. The molecule has 1 aliphatic rings. The molecule has 0 N–H and O–H groups in total. The summed E-state index contributed by atoms with van der Waals surface area (Å²) in [5.74, 6) is 1.50. The molecule has 0 saturated heterocycles. The van der Waals surface area contributed by atoms with Crippen LogP contribution in [-0.4, -0.2) is 6.61 Å². The van der Waals surface area contributed by atoms with Gasteiger partial charge in [-0.15, -0.1) is 0 Å². The van der Waals surface area contributed by atoms with E-state index in [-0.39, 0.29) is 0 Å². The highest BCUT2D eigenvalue weighted by Gasteiger charge is 2.20. The normalized spacial score (nSPS) is 16.5. The van der Waals surface area contributed by atoms with Crippen molar-refractivity contribution in [2.24, 2.45) is 0 Å². The molecule has 0 radical (unpaired) electrons. The van der Waals surface area contributed by atoms with E-state index in [1.54, 1.807) is 0 Å². The summed E-state index contributed by atoms with van der Waals surface area (Å²) in [5, 5.41) is 0. The highest BCUT2D eigenvalue weighted by atomic mass is 79.9. The Kier molecular flexibility index (Phi) is 3.61. The maximum Gasteiger partial charge on any atom is 0.122 e. The van der Waals surface area contributed by atoms with Gasteiger partial charge in [0.15, 0.2) is 0 Å². The van der Waals surface area contributed by atoms with Gasteiger partial charge in [0.05, 0.1) is 6.61 Å². The van der Waals surface area contributed by atoms with Crippen LogP contribution in [0, 0.1) is 0 Å². The van der Waals surface area contributed by atoms with Gasteiger partial charge in [0, 0.05) is 11.2 Å². The SMILES string of the molecule is CC(c1ccccc1)C(Br)c1ccc2c(c1)CCO2. The lowest BCUT2D eigenvalue weighted by molar-refractivity contribution is 0.357.